The highest BCUT2D eigenvalue weighted by molar-refractivity contribution is 7.92. The number of carbonyl (C=O) groups is 1. The highest BCUT2D eigenvalue weighted by atomic mass is 35.5. The molecule has 0 aliphatic carbocycles. The summed E-state index contributed by atoms with van der Waals surface area (Å²) >= 11 is 11.4. The van der Waals surface area contributed by atoms with E-state index in [4.69, 9.17) is 23.2 Å². The molecule has 0 aromatic heterocycles. The Labute approximate surface area is 159 Å². The van der Waals surface area contributed by atoms with Gasteiger partial charge in [0, 0.05) is 11.6 Å². The van der Waals surface area contributed by atoms with E-state index in [0.717, 1.165) is 24.3 Å². The zero-order valence-corrected chi connectivity index (χ0v) is 15.1. The SMILES string of the molecule is O=C(Nc1cc(S(=O)(=O)C(F)(F)F)ccc1Cl)c1ccc(Cl)c([N+](=O)[O-])c1. The monoisotopic (exact) mass is 442 g/mol. The first-order valence-corrected chi connectivity index (χ1v) is 8.94. The first-order valence-electron chi connectivity index (χ1n) is 6.71. The Bertz CT molecular complexity index is 1040. The van der Waals surface area contributed by atoms with E-state index in [2.05, 4.69) is 5.32 Å². The average molecular weight is 443 g/mol. The van der Waals surface area contributed by atoms with E-state index in [-0.39, 0.29) is 15.6 Å². The van der Waals surface area contributed by atoms with Crippen molar-refractivity contribution in [2.24, 2.45) is 0 Å². The van der Waals surface area contributed by atoms with Gasteiger partial charge in [-0.2, -0.15) is 13.2 Å². The number of carbonyl (C=O) groups excluding carboxylic acids is 1. The van der Waals surface area contributed by atoms with E-state index in [0.29, 0.717) is 12.1 Å². The van der Waals surface area contributed by atoms with Gasteiger partial charge in [0.25, 0.3) is 21.4 Å². The number of hydrogen-bond acceptors (Lipinski definition) is 5. The maximum absolute atomic E-state index is 12.7. The second-order valence-electron chi connectivity index (χ2n) is 4.97. The van der Waals surface area contributed by atoms with Gasteiger partial charge in [0.2, 0.25) is 0 Å². The van der Waals surface area contributed by atoms with Crippen LogP contribution in [0.5, 0.6) is 0 Å². The summed E-state index contributed by atoms with van der Waals surface area (Å²) < 4.78 is 60.9. The fourth-order valence-corrected chi connectivity index (χ4v) is 3.03. The molecule has 13 heteroatoms. The quantitative estimate of drug-likeness (QED) is 0.555. The normalized spacial score (nSPS) is 11.9. The third kappa shape index (κ3) is 4.31. The molecule has 27 heavy (non-hydrogen) atoms. The van der Waals surface area contributed by atoms with Gasteiger partial charge in [0.1, 0.15) is 5.02 Å². The lowest BCUT2D eigenvalue weighted by Crippen LogP contribution is -2.23. The van der Waals surface area contributed by atoms with Crippen molar-refractivity contribution in [3.63, 3.8) is 0 Å². The van der Waals surface area contributed by atoms with E-state index < -0.39 is 42.4 Å². The van der Waals surface area contributed by atoms with Crippen LogP contribution in [0.3, 0.4) is 0 Å². The maximum atomic E-state index is 12.7. The molecule has 0 saturated carbocycles. The summed E-state index contributed by atoms with van der Waals surface area (Å²) in [5.74, 6) is -0.974. The summed E-state index contributed by atoms with van der Waals surface area (Å²) in [6.07, 6.45) is 0. The van der Waals surface area contributed by atoms with E-state index in [9.17, 15) is 36.5 Å². The number of anilines is 1. The topological polar surface area (TPSA) is 106 Å². The number of rotatable bonds is 4. The van der Waals surface area contributed by atoms with Crippen molar-refractivity contribution in [1.29, 1.82) is 0 Å². The fraction of sp³-hybridized carbons (Fsp3) is 0.0714. The Morgan fingerprint density at radius 3 is 2.22 bits per heavy atom. The van der Waals surface area contributed by atoms with E-state index in [1.807, 2.05) is 0 Å². The highest BCUT2D eigenvalue weighted by Crippen LogP contribution is 2.34. The summed E-state index contributed by atoms with van der Waals surface area (Å²) in [4.78, 5) is 21.1. The number of hydrogen-bond donors (Lipinski definition) is 1. The van der Waals surface area contributed by atoms with Crippen molar-refractivity contribution in [2.45, 2.75) is 10.4 Å². The van der Waals surface area contributed by atoms with Crippen LogP contribution in [0.2, 0.25) is 10.0 Å². The molecule has 0 aliphatic heterocycles. The number of nitro groups is 1. The molecule has 0 saturated heterocycles. The van der Waals surface area contributed by atoms with Gasteiger partial charge < -0.3 is 5.32 Å². The van der Waals surface area contributed by atoms with Crippen molar-refractivity contribution >= 4 is 50.3 Å². The summed E-state index contributed by atoms with van der Waals surface area (Å²) in [6, 6.07) is 5.10. The highest BCUT2D eigenvalue weighted by Gasteiger charge is 2.47. The largest absolute Gasteiger partial charge is 0.501 e. The molecule has 0 spiro atoms. The summed E-state index contributed by atoms with van der Waals surface area (Å²) in [6.45, 7) is 0. The first kappa shape index (κ1) is 20.9. The fourth-order valence-electron chi connectivity index (χ4n) is 1.89. The van der Waals surface area contributed by atoms with Crippen molar-refractivity contribution in [3.05, 3.63) is 62.1 Å². The molecule has 0 fully saturated rings. The smallest absolute Gasteiger partial charge is 0.321 e. The third-order valence-electron chi connectivity index (χ3n) is 3.21. The second kappa shape index (κ2) is 7.33. The Hall–Kier alpha value is -2.37. The molecule has 0 radical (unpaired) electrons. The Morgan fingerprint density at radius 1 is 1.07 bits per heavy atom. The maximum Gasteiger partial charge on any atom is 0.501 e. The molecule has 7 nitrogen and oxygen atoms in total. The average Bonchev–Trinajstić information content (AvgIpc) is 2.55. The number of alkyl halides is 3. The van der Waals surface area contributed by atoms with Gasteiger partial charge in [-0.3, -0.25) is 14.9 Å². The predicted molar refractivity (Wildman–Crippen MR) is 90.8 cm³/mol. The summed E-state index contributed by atoms with van der Waals surface area (Å²) in [5.41, 5.74) is -6.78. The third-order valence-corrected chi connectivity index (χ3v) is 5.34. The molecule has 1 N–H and O–H groups in total. The standard InChI is InChI=1S/C14H7Cl2F3N2O5S/c15-9-4-2-8(27(25,26)14(17,18)19)6-11(9)20-13(22)7-1-3-10(16)12(5-7)21(23)24/h1-6H,(H,20,22). The number of nitro benzene ring substituents is 1. The van der Waals surface area contributed by atoms with Gasteiger partial charge in [-0.05, 0) is 30.3 Å². The molecule has 2 aromatic rings. The van der Waals surface area contributed by atoms with Gasteiger partial charge in [-0.25, -0.2) is 8.42 Å². The first-order chi connectivity index (χ1) is 12.3. The minimum Gasteiger partial charge on any atom is -0.321 e. The molecule has 2 aromatic carbocycles. The van der Waals surface area contributed by atoms with Crippen LogP contribution in [-0.4, -0.2) is 24.8 Å². The molecule has 0 atom stereocenters. The molecule has 2 rings (SSSR count). The molecule has 0 unspecified atom stereocenters. The number of nitrogens with one attached hydrogen (secondary N) is 1. The lowest BCUT2D eigenvalue weighted by atomic mass is 10.2. The van der Waals surface area contributed by atoms with Gasteiger partial charge >= 0.3 is 5.51 Å². The summed E-state index contributed by atoms with van der Waals surface area (Å²) in [7, 11) is -5.66. The van der Waals surface area contributed by atoms with E-state index in [1.165, 1.54) is 0 Å². The number of sulfone groups is 1. The zero-order valence-electron chi connectivity index (χ0n) is 12.8. The van der Waals surface area contributed by atoms with Crippen LogP contribution in [0.4, 0.5) is 24.5 Å². The van der Waals surface area contributed by atoms with Gasteiger partial charge in [-0.15, -0.1) is 0 Å². The van der Waals surface area contributed by atoms with Crippen LogP contribution >= 0.6 is 23.2 Å². The number of benzene rings is 2. The molecule has 1 amide bonds. The summed E-state index contributed by atoms with van der Waals surface area (Å²) in [5, 5.41) is 12.5. The van der Waals surface area contributed by atoms with E-state index in [1.54, 1.807) is 0 Å². The number of halogens is 5. The van der Waals surface area contributed by atoms with Crippen LogP contribution in [0.25, 0.3) is 0 Å². The molecule has 0 heterocycles. The van der Waals surface area contributed by atoms with Crippen LogP contribution < -0.4 is 5.32 Å². The zero-order chi connectivity index (χ0) is 20.6. The molecule has 0 bridgehead atoms. The van der Waals surface area contributed by atoms with Crippen molar-refractivity contribution in [1.82, 2.24) is 0 Å². The van der Waals surface area contributed by atoms with Crippen LogP contribution in [0.1, 0.15) is 10.4 Å². The second-order valence-corrected chi connectivity index (χ2v) is 7.72. The van der Waals surface area contributed by atoms with Crippen molar-refractivity contribution < 1.29 is 31.3 Å². The van der Waals surface area contributed by atoms with Crippen LogP contribution in [0, 0.1) is 10.1 Å². The number of nitrogens with zero attached hydrogens (tertiary/aromatic N) is 1. The van der Waals surface area contributed by atoms with Crippen LogP contribution in [-0.2, 0) is 9.84 Å². The number of amides is 1. The van der Waals surface area contributed by atoms with Crippen molar-refractivity contribution in [2.75, 3.05) is 5.32 Å². The van der Waals surface area contributed by atoms with Gasteiger partial charge in [0.15, 0.2) is 0 Å². The molecule has 0 aliphatic rings. The minimum absolute atomic E-state index is 0.229. The Kier molecular flexibility index (Phi) is 5.68. The lowest BCUT2D eigenvalue weighted by molar-refractivity contribution is -0.384. The minimum atomic E-state index is -5.66. The predicted octanol–water partition coefficient (Wildman–Crippen LogP) is 4.45. The van der Waals surface area contributed by atoms with Gasteiger partial charge in [-0.1, -0.05) is 23.2 Å². The van der Waals surface area contributed by atoms with Crippen LogP contribution in [0.15, 0.2) is 41.3 Å². The van der Waals surface area contributed by atoms with Crippen molar-refractivity contribution in [3.8, 4) is 0 Å². The Balaban J connectivity index is 2.41. The molecular formula is C14H7Cl2F3N2O5S. The van der Waals surface area contributed by atoms with Gasteiger partial charge in [0.05, 0.1) is 20.5 Å². The molecule has 144 valence electrons. The molecular weight excluding hydrogens is 436 g/mol. The Morgan fingerprint density at radius 2 is 1.67 bits per heavy atom. The lowest BCUT2D eigenvalue weighted by Gasteiger charge is -2.12. The van der Waals surface area contributed by atoms with E-state index >= 15 is 0 Å².